The Bertz CT molecular complexity index is 298. The lowest BCUT2D eigenvalue weighted by atomic mass is 10.3. The molecule has 0 atom stereocenters. The van der Waals surface area contributed by atoms with Crippen LogP contribution in [0.25, 0.3) is 0 Å². The molecule has 0 unspecified atom stereocenters. The molecule has 2 radical (unpaired) electrons. The average Bonchev–Trinajstić information content (AvgIpc) is 2.47. The maximum atomic E-state index is 11.7. The summed E-state index contributed by atoms with van der Waals surface area (Å²) < 4.78 is 23.4. The van der Waals surface area contributed by atoms with Gasteiger partial charge in [0.2, 0.25) is 0 Å². The van der Waals surface area contributed by atoms with E-state index in [1.807, 2.05) is 0 Å². The van der Waals surface area contributed by atoms with Gasteiger partial charge in [-0.1, -0.05) is 0 Å². The number of thiophene rings is 1. The lowest BCUT2D eigenvalue weighted by Crippen LogP contribution is -2.27. The van der Waals surface area contributed by atoms with Gasteiger partial charge in [-0.05, 0) is 23.9 Å². The zero-order valence-electron chi connectivity index (χ0n) is 6.59. The fraction of sp³-hybridized carbons (Fsp3) is 0.250. The summed E-state index contributed by atoms with van der Waals surface area (Å²) in [6.07, 6.45) is -2.53. The molecule has 0 saturated carbocycles. The third-order valence-corrected chi connectivity index (χ3v) is 2.21. The number of halogens is 2. The van der Waals surface area contributed by atoms with Crippen molar-refractivity contribution >= 4 is 17.2 Å². The molecule has 13 heavy (non-hydrogen) atoms. The Labute approximate surface area is 78.6 Å². The van der Waals surface area contributed by atoms with E-state index in [1.165, 1.54) is 6.07 Å². The molecule has 1 heterocycles. The van der Waals surface area contributed by atoms with Gasteiger partial charge in [0.1, 0.15) is 0 Å². The first-order chi connectivity index (χ1) is 6.09. The lowest BCUT2D eigenvalue weighted by Gasteiger charge is -2.00. The summed E-state index contributed by atoms with van der Waals surface area (Å²) >= 11 is 1.13. The molecule has 70 valence electrons. The summed E-state index contributed by atoms with van der Waals surface area (Å²) in [6.45, 7) is 4.73. The molecule has 0 saturated heterocycles. The van der Waals surface area contributed by atoms with Crippen LogP contribution >= 0.6 is 11.3 Å². The van der Waals surface area contributed by atoms with Gasteiger partial charge in [0.05, 0.1) is 11.4 Å². The van der Waals surface area contributed by atoms with Crippen LogP contribution in [0.2, 0.25) is 0 Å². The standard InChI is InChI=1S/C8H7F2NOS/c1-5-2-6(13-4-5)8(12)11-3-7(9)10/h1-2,4,7H,3H2,(H,11,12). The third kappa shape index (κ3) is 3.10. The summed E-state index contributed by atoms with van der Waals surface area (Å²) in [5.74, 6) is -0.512. The summed E-state index contributed by atoms with van der Waals surface area (Å²) in [7, 11) is 0. The molecule has 2 nitrogen and oxygen atoms in total. The minimum Gasteiger partial charge on any atom is -0.346 e. The Morgan fingerprint density at radius 2 is 2.38 bits per heavy atom. The van der Waals surface area contributed by atoms with E-state index in [2.05, 4.69) is 5.32 Å². The Balaban J connectivity index is 2.49. The summed E-state index contributed by atoms with van der Waals surface area (Å²) in [5.41, 5.74) is 0.465. The van der Waals surface area contributed by atoms with Gasteiger partial charge in [0, 0.05) is 0 Å². The van der Waals surface area contributed by atoms with E-state index in [4.69, 9.17) is 6.92 Å². The Morgan fingerprint density at radius 1 is 1.69 bits per heavy atom. The number of rotatable bonds is 3. The molecule has 1 rings (SSSR count). The van der Waals surface area contributed by atoms with Gasteiger partial charge in [-0.2, -0.15) is 0 Å². The van der Waals surface area contributed by atoms with Crippen molar-refractivity contribution in [1.82, 2.24) is 5.32 Å². The summed E-state index contributed by atoms with van der Waals surface area (Å²) in [4.78, 5) is 11.4. The predicted molar refractivity (Wildman–Crippen MR) is 46.1 cm³/mol. The highest BCUT2D eigenvalue weighted by atomic mass is 32.1. The highest BCUT2D eigenvalue weighted by Crippen LogP contribution is 2.13. The molecule has 0 fully saturated rings. The number of nitrogens with one attached hydrogen (secondary N) is 1. The molecule has 0 spiro atoms. The van der Waals surface area contributed by atoms with E-state index >= 15 is 0 Å². The van der Waals surface area contributed by atoms with Gasteiger partial charge < -0.3 is 5.32 Å². The molecule has 0 aromatic carbocycles. The van der Waals surface area contributed by atoms with Crippen LogP contribution in [0.15, 0.2) is 11.4 Å². The van der Waals surface area contributed by atoms with E-state index in [0.717, 1.165) is 11.3 Å². The van der Waals surface area contributed by atoms with Gasteiger partial charge >= 0.3 is 0 Å². The highest BCUT2D eigenvalue weighted by molar-refractivity contribution is 7.12. The lowest BCUT2D eigenvalue weighted by molar-refractivity contribution is 0.0895. The second-order valence-corrected chi connectivity index (χ2v) is 3.26. The largest absolute Gasteiger partial charge is 0.346 e. The van der Waals surface area contributed by atoms with Crippen molar-refractivity contribution in [3.63, 3.8) is 0 Å². The Morgan fingerprint density at radius 3 is 2.85 bits per heavy atom. The molecule has 1 amide bonds. The van der Waals surface area contributed by atoms with Gasteiger partial charge in [-0.3, -0.25) is 4.79 Å². The molecule has 0 aliphatic carbocycles. The smallest absolute Gasteiger partial charge is 0.261 e. The SMILES string of the molecule is [CH]c1csc(C(=O)NCC(F)F)c1. The van der Waals surface area contributed by atoms with Crippen molar-refractivity contribution in [2.24, 2.45) is 0 Å². The minimum absolute atomic E-state index is 0.346. The molecule has 1 aromatic heterocycles. The number of hydrogen-bond acceptors (Lipinski definition) is 2. The monoisotopic (exact) mass is 203 g/mol. The van der Waals surface area contributed by atoms with Crippen LogP contribution in [0.3, 0.4) is 0 Å². The Hall–Kier alpha value is -0.970. The van der Waals surface area contributed by atoms with E-state index in [-0.39, 0.29) is 0 Å². The van der Waals surface area contributed by atoms with E-state index in [9.17, 15) is 13.6 Å². The number of alkyl halides is 2. The summed E-state index contributed by atoms with van der Waals surface area (Å²) in [6, 6.07) is 1.45. The van der Waals surface area contributed by atoms with E-state index in [1.54, 1.807) is 5.38 Å². The minimum atomic E-state index is -2.53. The van der Waals surface area contributed by atoms with Gasteiger partial charge in [0.25, 0.3) is 12.3 Å². The average molecular weight is 203 g/mol. The second kappa shape index (κ2) is 4.32. The number of amides is 1. The first-order valence-corrected chi connectivity index (χ1v) is 4.38. The number of carbonyl (C=O) groups is 1. The van der Waals surface area contributed by atoms with E-state index < -0.39 is 18.9 Å². The Kier molecular flexibility index (Phi) is 3.36. The molecule has 0 bridgehead atoms. The van der Waals surface area contributed by atoms with Gasteiger partial charge in [0.15, 0.2) is 0 Å². The van der Waals surface area contributed by atoms with Crippen LogP contribution in [-0.2, 0) is 0 Å². The van der Waals surface area contributed by atoms with Crippen molar-refractivity contribution in [3.05, 3.63) is 28.8 Å². The van der Waals surface area contributed by atoms with Crippen LogP contribution in [-0.4, -0.2) is 18.9 Å². The van der Waals surface area contributed by atoms with Crippen molar-refractivity contribution in [2.45, 2.75) is 6.43 Å². The first-order valence-electron chi connectivity index (χ1n) is 3.50. The highest BCUT2D eigenvalue weighted by Gasteiger charge is 2.09. The first kappa shape index (κ1) is 10.1. The molecule has 5 heteroatoms. The van der Waals surface area contributed by atoms with Gasteiger partial charge in [-0.25, -0.2) is 8.78 Å². The number of carbonyl (C=O) groups excluding carboxylic acids is 1. The molecular weight excluding hydrogens is 196 g/mol. The van der Waals surface area contributed by atoms with Crippen LogP contribution < -0.4 is 5.32 Å². The molecular formula is C8H7F2NOS. The van der Waals surface area contributed by atoms with Gasteiger partial charge in [-0.15, -0.1) is 11.3 Å². The zero-order chi connectivity index (χ0) is 9.84. The van der Waals surface area contributed by atoms with Crippen molar-refractivity contribution in [3.8, 4) is 0 Å². The zero-order valence-corrected chi connectivity index (χ0v) is 7.41. The number of hydrogen-bond donors (Lipinski definition) is 1. The molecule has 1 N–H and O–H groups in total. The second-order valence-electron chi connectivity index (χ2n) is 2.35. The maximum Gasteiger partial charge on any atom is 0.261 e. The predicted octanol–water partition coefficient (Wildman–Crippen LogP) is 1.80. The fourth-order valence-electron chi connectivity index (χ4n) is 0.727. The maximum absolute atomic E-state index is 11.7. The van der Waals surface area contributed by atoms with Crippen molar-refractivity contribution in [1.29, 1.82) is 0 Å². The van der Waals surface area contributed by atoms with E-state index in [0.29, 0.717) is 10.4 Å². The summed E-state index contributed by atoms with van der Waals surface area (Å²) in [5, 5.41) is 3.66. The van der Waals surface area contributed by atoms with Crippen molar-refractivity contribution < 1.29 is 13.6 Å². The van der Waals surface area contributed by atoms with Crippen LogP contribution in [0.4, 0.5) is 8.78 Å². The van der Waals surface area contributed by atoms with Crippen LogP contribution in [0.5, 0.6) is 0 Å². The molecule has 0 aliphatic rings. The van der Waals surface area contributed by atoms with Crippen LogP contribution in [0.1, 0.15) is 15.2 Å². The quantitative estimate of drug-likeness (QED) is 0.797. The normalized spacial score (nSPS) is 10.5. The van der Waals surface area contributed by atoms with Crippen molar-refractivity contribution in [2.75, 3.05) is 6.54 Å². The van der Waals surface area contributed by atoms with Crippen LogP contribution in [0, 0.1) is 6.92 Å². The topological polar surface area (TPSA) is 29.1 Å². The molecule has 1 aromatic rings. The third-order valence-electron chi connectivity index (χ3n) is 1.26. The fourth-order valence-corrected chi connectivity index (χ4v) is 1.44. The molecule has 0 aliphatic heterocycles.